The summed E-state index contributed by atoms with van der Waals surface area (Å²) in [6, 6.07) is 16.5. The van der Waals surface area contributed by atoms with Gasteiger partial charge < -0.3 is 9.84 Å². The predicted octanol–water partition coefficient (Wildman–Crippen LogP) is 4.90. The monoisotopic (exact) mass is 499 g/mol. The number of thioether (sulfide) groups is 1. The summed E-state index contributed by atoms with van der Waals surface area (Å²) >= 11 is 6.80. The molecule has 10 heteroatoms. The van der Waals surface area contributed by atoms with E-state index in [-0.39, 0.29) is 17.9 Å². The van der Waals surface area contributed by atoms with Crippen LogP contribution in [0.1, 0.15) is 6.42 Å². The lowest BCUT2D eigenvalue weighted by atomic mass is 10.1. The van der Waals surface area contributed by atoms with E-state index in [0.717, 1.165) is 22.0 Å². The molecule has 4 aromatic rings. The van der Waals surface area contributed by atoms with Crippen molar-refractivity contribution in [3.05, 3.63) is 81.9 Å². The number of carboxylic acids is 1. The number of aromatic nitrogens is 3. The summed E-state index contributed by atoms with van der Waals surface area (Å²) in [4.78, 5) is 24.7. The maximum Gasteiger partial charge on any atom is 0.317 e. The van der Waals surface area contributed by atoms with Gasteiger partial charge in [0, 0.05) is 16.5 Å². The number of methoxy groups -OCH3 is 1. The highest BCUT2D eigenvalue weighted by molar-refractivity contribution is 8.00. The summed E-state index contributed by atoms with van der Waals surface area (Å²) in [6.45, 7) is 0.0138. The number of carboxylic acid groups (broad SMARTS) is 1. The van der Waals surface area contributed by atoms with Gasteiger partial charge >= 0.3 is 5.97 Å². The standard InChI is InChI=1S/C24H19ClFN3O4S/c1-33-17-6-2-14(3-7-17)15-4-9-21(19(26)12-15)34-22(24(31)32)10-11-29-23(30)18-8-5-16(25)13-20(18)27-28-29/h2-9,12-13,22H,10-11H2,1H3,(H,31,32). The van der Waals surface area contributed by atoms with Gasteiger partial charge in [0.05, 0.1) is 12.5 Å². The number of halogens is 2. The molecular formula is C24H19ClFN3O4S. The molecule has 0 aliphatic rings. The third-order valence-electron chi connectivity index (χ3n) is 5.19. The van der Waals surface area contributed by atoms with E-state index in [1.807, 2.05) is 12.1 Å². The van der Waals surface area contributed by atoms with E-state index in [2.05, 4.69) is 10.3 Å². The van der Waals surface area contributed by atoms with Crippen LogP contribution in [0.5, 0.6) is 5.75 Å². The van der Waals surface area contributed by atoms with Gasteiger partial charge in [0.25, 0.3) is 5.56 Å². The second-order valence-electron chi connectivity index (χ2n) is 7.39. The molecule has 174 valence electrons. The average molecular weight is 500 g/mol. The summed E-state index contributed by atoms with van der Waals surface area (Å²) in [6.07, 6.45) is 0.0490. The topological polar surface area (TPSA) is 94.3 Å². The van der Waals surface area contributed by atoms with E-state index < -0.39 is 22.6 Å². The molecule has 0 amide bonds. The second-order valence-corrected chi connectivity index (χ2v) is 9.07. The zero-order valence-electron chi connectivity index (χ0n) is 17.9. The highest BCUT2D eigenvalue weighted by Gasteiger charge is 2.22. The van der Waals surface area contributed by atoms with Crippen molar-refractivity contribution in [1.82, 2.24) is 15.0 Å². The van der Waals surface area contributed by atoms with Crippen LogP contribution in [0.3, 0.4) is 0 Å². The van der Waals surface area contributed by atoms with Gasteiger partial charge in [-0.2, -0.15) is 0 Å². The lowest BCUT2D eigenvalue weighted by molar-refractivity contribution is -0.136. The molecule has 0 aliphatic carbocycles. The highest BCUT2D eigenvalue weighted by atomic mass is 35.5. The number of rotatable bonds is 8. The molecule has 1 N–H and O–H groups in total. The van der Waals surface area contributed by atoms with Crippen LogP contribution < -0.4 is 10.3 Å². The summed E-state index contributed by atoms with van der Waals surface area (Å²) < 4.78 is 21.1. The lowest BCUT2D eigenvalue weighted by Gasteiger charge is -2.14. The number of aryl methyl sites for hydroxylation is 1. The molecular weight excluding hydrogens is 481 g/mol. The van der Waals surface area contributed by atoms with Gasteiger partial charge in [-0.3, -0.25) is 9.59 Å². The largest absolute Gasteiger partial charge is 0.497 e. The fourth-order valence-electron chi connectivity index (χ4n) is 3.38. The van der Waals surface area contributed by atoms with Gasteiger partial charge in [-0.25, -0.2) is 9.07 Å². The Labute approximate surface area is 203 Å². The van der Waals surface area contributed by atoms with Gasteiger partial charge in [-0.1, -0.05) is 35.0 Å². The molecule has 1 unspecified atom stereocenters. The number of nitrogens with zero attached hydrogens (tertiary/aromatic N) is 3. The average Bonchev–Trinajstić information content (AvgIpc) is 2.83. The van der Waals surface area contributed by atoms with Crippen LogP contribution in [-0.2, 0) is 11.3 Å². The number of aliphatic carboxylic acids is 1. The predicted molar refractivity (Wildman–Crippen MR) is 129 cm³/mol. The molecule has 1 atom stereocenters. The SMILES string of the molecule is COc1ccc(-c2ccc(SC(CCn3nnc4cc(Cl)ccc4c3=O)C(=O)O)c(F)c2)cc1. The molecule has 1 aromatic heterocycles. The van der Waals surface area contributed by atoms with Crippen molar-refractivity contribution in [2.24, 2.45) is 0 Å². The third-order valence-corrected chi connectivity index (χ3v) is 6.73. The van der Waals surface area contributed by atoms with E-state index in [9.17, 15) is 19.1 Å². The number of hydrogen-bond donors (Lipinski definition) is 1. The lowest BCUT2D eigenvalue weighted by Crippen LogP contribution is -2.27. The van der Waals surface area contributed by atoms with Crippen molar-refractivity contribution in [1.29, 1.82) is 0 Å². The molecule has 0 saturated heterocycles. The zero-order valence-corrected chi connectivity index (χ0v) is 19.5. The Morgan fingerprint density at radius 1 is 1.15 bits per heavy atom. The Morgan fingerprint density at radius 3 is 2.56 bits per heavy atom. The molecule has 0 spiro atoms. The van der Waals surface area contributed by atoms with Crippen LogP contribution in [0.25, 0.3) is 22.0 Å². The van der Waals surface area contributed by atoms with Crippen LogP contribution in [0, 0.1) is 5.82 Å². The van der Waals surface area contributed by atoms with Crippen LogP contribution >= 0.6 is 23.4 Å². The Balaban J connectivity index is 1.49. The van der Waals surface area contributed by atoms with Crippen LogP contribution in [0.15, 0.2) is 70.4 Å². The van der Waals surface area contributed by atoms with E-state index in [0.29, 0.717) is 27.2 Å². The van der Waals surface area contributed by atoms with Crippen LogP contribution in [0.4, 0.5) is 4.39 Å². The first-order valence-electron chi connectivity index (χ1n) is 10.2. The van der Waals surface area contributed by atoms with E-state index in [1.54, 1.807) is 43.5 Å². The Bertz CT molecular complexity index is 1410. The molecule has 1 heterocycles. The van der Waals surface area contributed by atoms with E-state index in [4.69, 9.17) is 16.3 Å². The Kier molecular flexibility index (Phi) is 7.14. The number of fused-ring (bicyclic) bond motifs is 1. The highest BCUT2D eigenvalue weighted by Crippen LogP contribution is 2.32. The molecule has 0 radical (unpaired) electrons. The van der Waals surface area contributed by atoms with Gasteiger partial charge in [-0.05, 0) is 60.0 Å². The van der Waals surface area contributed by atoms with Gasteiger partial charge in [-0.15, -0.1) is 16.9 Å². The molecule has 0 saturated carbocycles. The van der Waals surface area contributed by atoms with Crippen molar-refractivity contribution < 1.29 is 19.0 Å². The quantitative estimate of drug-likeness (QED) is 0.345. The van der Waals surface area contributed by atoms with E-state index in [1.165, 1.54) is 12.1 Å². The minimum absolute atomic E-state index is 0.0138. The molecule has 0 fully saturated rings. The molecule has 3 aromatic carbocycles. The van der Waals surface area contributed by atoms with E-state index >= 15 is 0 Å². The third kappa shape index (κ3) is 5.21. The van der Waals surface area contributed by atoms with Crippen LogP contribution in [-0.4, -0.2) is 38.4 Å². The zero-order chi connectivity index (χ0) is 24.2. The first-order chi connectivity index (χ1) is 16.4. The first kappa shape index (κ1) is 23.7. The van der Waals surface area contributed by atoms with Gasteiger partial charge in [0.2, 0.25) is 0 Å². The minimum atomic E-state index is -1.11. The molecule has 4 rings (SSSR count). The molecule has 7 nitrogen and oxygen atoms in total. The van der Waals surface area contributed by atoms with Gasteiger partial charge in [0.1, 0.15) is 22.3 Å². The number of carbonyl (C=O) groups is 1. The minimum Gasteiger partial charge on any atom is -0.497 e. The number of hydrogen-bond acceptors (Lipinski definition) is 6. The molecule has 0 bridgehead atoms. The maximum absolute atomic E-state index is 14.8. The van der Waals surface area contributed by atoms with Crippen LogP contribution in [0.2, 0.25) is 5.02 Å². The number of benzene rings is 3. The Hall–Kier alpha value is -3.43. The number of ether oxygens (including phenoxy) is 1. The van der Waals surface area contributed by atoms with Crippen molar-refractivity contribution in [2.75, 3.05) is 7.11 Å². The first-order valence-corrected chi connectivity index (χ1v) is 11.5. The Morgan fingerprint density at radius 2 is 1.88 bits per heavy atom. The van der Waals surface area contributed by atoms with Crippen molar-refractivity contribution >= 4 is 40.2 Å². The van der Waals surface area contributed by atoms with Crippen molar-refractivity contribution in [2.45, 2.75) is 23.1 Å². The summed E-state index contributed by atoms with van der Waals surface area (Å²) in [5.41, 5.74) is 1.43. The normalized spacial score (nSPS) is 12.0. The maximum atomic E-state index is 14.8. The smallest absolute Gasteiger partial charge is 0.317 e. The molecule has 34 heavy (non-hydrogen) atoms. The summed E-state index contributed by atoms with van der Waals surface area (Å²) in [5.74, 6) is -0.943. The summed E-state index contributed by atoms with van der Waals surface area (Å²) in [7, 11) is 1.57. The molecule has 0 aliphatic heterocycles. The van der Waals surface area contributed by atoms with Crippen molar-refractivity contribution in [3.63, 3.8) is 0 Å². The van der Waals surface area contributed by atoms with Gasteiger partial charge in [0.15, 0.2) is 0 Å². The fourth-order valence-corrected chi connectivity index (χ4v) is 4.50. The fraction of sp³-hybridized carbons (Fsp3) is 0.167. The van der Waals surface area contributed by atoms with Crippen molar-refractivity contribution in [3.8, 4) is 16.9 Å². The second kappa shape index (κ2) is 10.2. The summed E-state index contributed by atoms with van der Waals surface area (Å²) in [5, 5.41) is 17.3.